The zero-order valence-electron chi connectivity index (χ0n) is 23.2. The third-order valence-corrected chi connectivity index (χ3v) is 6.37. The maximum atomic E-state index is 13.3. The number of hydrogen-bond acceptors (Lipinski definition) is 15. The molecular formula is C25H15ClF6N10O5. The van der Waals surface area contributed by atoms with Crippen molar-refractivity contribution in [2.24, 2.45) is 0 Å². The number of benzene rings is 2. The van der Waals surface area contributed by atoms with Crippen molar-refractivity contribution in [1.29, 1.82) is 0 Å². The highest BCUT2D eigenvalue weighted by Crippen LogP contribution is 2.36. The largest absolute Gasteiger partial charge is 0.573 e. The fraction of sp³-hybridized carbons (Fsp3) is 0.200. The molecule has 22 heteroatoms. The van der Waals surface area contributed by atoms with Crippen molar-refractivity contribution in [1.82, 2.24) is 40.6 Å². The Bertz CT molecular complexity index is 2040. The highest BCUT2D eigenvalue weighted by molar-refractivity contribution is 6.32. The van der Waals surface area contributed by atoms with Gasteiger partial charge in [-0.15, -0.1) is 13.2 Å². The first kappa shape index (κ1) is 31.3. The standard InChI is InChI=1S/C25H15ClF6N10O5/c1-43-23-21(35-17-19(37-23)41-47-39-17)42(13-5-2-11(3-6-13)24(27,28)29)8-9-44-22-20(34-16-18(36-22)40-46-38-16)33-12-4-7-15(14(26)10-12)45-25(30,31)32/h2-7,10H,8-9H2,1H3,(H,33,34,38). The molecule has 0 aliphatic rings. The van der Waals surface area contributed by atoms with Crippen LogP contribution in [0.25, 0.3) is 22.6 Å². The zero-order valence-corrected chi connectivity index (χ0v) is 23.9. The van der Waals surface area contributed by atoms with E-state index in [1.807, 2.05) is 0 Å². The molecule has 0 aliphatic heterocycles. The Morgan fingerprint density at radius 3 is 2.02 bits per heavy atom. The summed E-state index contributed by atoms with van der Waals surface area (Å²) in [5, 5.41) is 17.0. The van der Waals surface area contributed by atoms with E-state index in [2.05, 4.69) is 59.9 Å². The second-order valence-corrected chi connectivity index (χ2v) is 9.53. The number of methoxy groups -OCH3 is 1. The molecule has 244 valence electrons. The molecular weight excluding hydrogens is 670 g/mol. The van der Waals surface area contributed by atoms with Gasteiger partial charge in [-0.25, -0.2) is 9.26 Å². The Kier molecular flexibility index (Phi) is 8.13. The number of fused-ring (bicyclic) bond motifs is 2. The van der Waals surface area contributed by atoms with Crippen LogP contribution in [0.2, 0.25) is 5.02 Å². The summed E-state index contributed by atoms with van der Waals surface area (Å²) in [6.45, 7) is -0.320. The van der Waals surface area contributed by atoms with Gasteiger partial charge < -0.3 is 24.4 Å². The third kappa shape index (κ3) is 6.93. The highest BCUT2D eigenvalue weighted by Gasteiger charge is 2.32. The average Bonchev–Trinajstić information content (AvgIpc) is 3.68. The van der Waals surface area contributed by atoms with Gasteiger partial charge in [0.05, 0.1) is 24.2 Å². The Morgan fingerprint density at radius 1 is 0.809 bits per heavy atom. The van der Waals surface area contributed by atoms with Gasteiger partial charge in [0.25, 0.3) is 11.8 Å². The monoisotopic (exact) mass is 684 g/mol. The van der Waals surface area contributed by atoms with E-state index in [0.29, 0.717) is 0 Å². The van der Waals surface area contributed by atoms with Crippen LogP contribution in [0.4, 0.5) is 49.4 Å². The molecule has 0 spiro atoms. The van der Waals surface area contributed by atoms with Crippen LogP contribution in [0.3, 0.4) is 0 Å². The number of alkyl halides is 6. The first-order valence-corrected chi connectivity index (χ1v) is 13.2. The van der Waals surface area contributed by atoms with Gasteiger partial charge in [0.15, 0.2) is 11.6 Å². The second-order valence-electron chi connectivity index (χ2n) is 9.12. The van der Waals surface area contributed by atoms with E-state index < -0.39 is 23.9 Å². The van der Waals surface area contributed by atoms with Crippen molar-refractivity contribution in [3.8, 4) is 17.5 Å². The fourth-order valence-corrected chi connectivity index (χ4v) is 4.30. The zero-order chi connectivity index (χ0) is 33.3. The van der Waals surface area contributed by atoms with Crippen LogP contribution in [0, 0.1) is 0 Å². The van der Waals surface area contributed by atoms with E-state index in [9.17, 15) is 26.3 Å². The van der Waals surface area contributed by atoms with Crippen molar-refractivity contribution >= 4 is 57.2 Å². The van der Waals surface area contributed by atoms with Crippen LogP contribution in [-0.2, 0) is 6.18 Å². The number of rotatable bonds is 10. The summed E-state index contributed by atoms with van der Waals surface area (Å²) in [6.07, 6.45) is -9.54. The first-order chi connectivity index (χ1) is 22.4. The normalized spacial score (nSPS) is 12.0. The molecule has 0 saturated carbocycles. The van der Waals surface area contributed by atoms with E-state index >= 15 is 0 Å². The minimum absolute atomic E-state index is 0.00900. The molecule has 0 bridgehead atoms. The number of aromatic nitrogens is 8. The lowest BCUT2D eigenvalue weighted by Crippen LogP contribution is -2.26. The van der Waals surface area contributed by atoms with E-state index in [-0.39, 0.29) is 75.5 Å². The molecule has 0 unspecified atom stereocenters. The highest BCUT2D eigenvalue weighted by atomic mass is 35.5. The van der Waals surface area contributed by atoms with Gasteiger partial charge in [-0.1, -0.05) is 11.6 Å². The lowest BCUT2D eigenvalue weighted by atomic mass is 10.2. The van der Waals surface area contributed by atoms with Crippen LogP contribution in [0.1, 0.15) is 5.56 Å². The van der Waals surface area contributed by atoms with Crippen LogP contribution in [-0.4, -0.2) is 67.2 Å². The summed E-state index contributed by atoms with van der Waals surface area (Å²) in [6, 6.07) is 7.56. The third-order valence-electron chi connectivity index (χ3n) is 6.08. The predicted molar refractivity (Wildman–Crippen MR) is 147 cm³/mol. The molecule has 0 aliphatic carbocycles. The van der Waals surface area contributed by atoms with Crippen molar-refractivity contribution in [3.63, 3.8) is 0 Å². The molecule has 0 saturated heterocycles. The van der Waals surface area contributed by atoms with Crippen LogP contribution >= 0.6 is 11.6 Å². The Labute approximate surface area is 261 Å². The Balaban J connectivity index is 1.30. The minimum Gasteiger partial charge on any atom is -0.478 e. The minimum atomic E-state index is -4.96. The van der Waals surface area contributed by atoms with Gasteiger partial charge in [0.2, 0.25) is 22.6 Å². The molecule has 6 aromatic rings. The predicted octanol–water partition coefficient (Wildman–Crippen LogP) is 5.88. The van der Waals surface area contributed by atoms with Crippen molar-refractivity contribution in [2.45, 2.75) is 12.5 Å². The number of nitrogens with one attached hydrogen (secondary N) is 1. The average molecular weight is 685 g/mol. The maximum absolute atomic E-state index is 13.3. The van der Waals surface area contributed by atoms with E-state index in [0.717, 1.165) is 24.3 Å². The molecule has 47 heavy (non-hydrogen) atoms. The van der Waals surface area contributed by atoms with Crippen molar-refractivity contribution in [2.75, 3.05) is 30.5 Å². The molecule has 1 N–H and O–H groups in total. The van der Waals surface area contributed by atoms with Gasteiger partial charge in [0.1, 0.15) is 12.4 Å². The van der Waals surface area contributed by atoms with Gasteiger partial charge in [-0.2, -0.15) is 33.1 Å². The van der Waals surface area contributed by atoms with Crippen molar-refractivity contribution < 1.29 is 49.8 Å². The second kappa shape index (κ2) is 12.2. The summed E-state index contributed by atoms with van der Waals surface area (Å²) in [5.41, 5.74) is -0.553. The Morgan fingerprint density at radius 2 is 1.43 bits per heavy atom. The summed E-state index contributed by atoms with van der Waals surface area (Å²) < 4.78 is 102. The number of anilines is 4. The molecule has 6 rings (SSSR count). The SMILES string of the molecule is COc1nc2nonc2nc1N(CCOc1nc2nonc2nc1Nc1ccc(OC(F)(F)F)c(Cl)c1)c1ccc(C(F)(F)F)cc1. The maximum Gasteiger partial charge on any atom is 0.573 e. The van der Waals surface area contributed by atoms with Crippen LogP contribution in [0.5, 0.6) is 17.5 Å². The van der Waals surface area contributed by atoms with Gasteiger partial charge in [-0.05, 0) is 63.1 Å². The molecule has 0 radical (unpaired) electrons. The van der Waals surface area contributed by atoms with Crippen LogP contribution < -0.4 is 24.4 Å². The summed E-state index contributed by atoms with van der Waals surface area (Å²) >= 11 is 5.97. The number of nitrogens with zero attached hydrogens (tertiary/aromatic N) is 9. The Hall–Kier alpha value is -5.73. The number of halogens is 7. The molecule has 4 heterocycles. The van der Waals surface area contributed by atoms with Crippen molar-refractivity contribution in [3.05, 3.63) is 53.1 Å². The van der Waals surface area contributed by atoms with E-state index in [1.165, 1.54) is 30.2 Å². The van der Waals surface area contributed by atoms with Gasteiger partial charge in [0, 0.05) is 11.4 Å². The van der Waals surface area contributed by atoms with Gasteiger partial charge >= 0.3 is 12.5 Å². The molecule has 0 amide bonds. The fourth-order valence-electron chi connectivity index (χ4n) is 4.08. The first-order valence-electron chi connectivity index (χ1n) is 12.8. The molecule has 2 aromatic carbocycles. The quantitative estimate of drug-likeness (QED) is 0.169. The summed E-state index contributed by atoms with van der Waals surface area (Å²) in [7, 11) is 1.30. The summed E-state index contributed by atoms with van der Waals surface area (Å²) in [4.78, 5) is 18.4. The van der Waals surface area contributed by atoms with E-state index in [1.54, 1.807) is 0 Å². The van der Waals surface area contributed by atoms with E-state index in [4.69, 9.17) is 21.1 Å². The smallest absolute Gasteiger partial charge is 0.478 e. The number of hydrogen-bond donors (Lipinski definition) is 1. The molecule has 15 nitrogen and oxygen atoms in total. The molecule has 0 atom stereocenters. The van der Waals surface area contributed by atoms with Crippen LogP contribution in [0.15, 0.2) is 51.7 Å². The lowest BCUT2D eigenvalue weighted by molar-refractivity contribution is -0.274. The number of ether oxygens (including phenoxy) is 3. The molecule has 0 fully saturated rings. The lowest BCUT2D eigenvalue weighted by Gasteiger charge is -2.25. The molecule has 4 aromatic heterocycles. The topological polar surface area (TPSA) is 172 Å². The summed E-state index contributed by atoms with van der Waals surface area (Å²) in [5.74, 6) is -0.885. The van der Waals surface area contributed by atoms with Gasteiger partial charge in [-0.3, -0.25) is 0 Å².